The number of rotatable bonds is 5. The van der Waals surface area contributed by atoms with E-state index in [0.717, 1.165) is 12.8 Å². The largest absolute Gasteiger partial charge is 0.372 e. The van der Waals surface area contributed by atoms with Gasteiger partial charge in [-0.15, -0.1) is 12.4 Å². The maximum absolute atomic E-state index is 11.3. The molecule has 0 aromatic rings. The molecule has 1 rings (SSSR count). The van der Waals surface area contributed by atoms with Gasteiger partial charge in [-0.05, 0) is 19.8 Å². The van der Waals surface area contributed by atoms with E-state index in [1.165, 1.54) is 19.3 Å². The molecule has 96 valence electrons. The van der Waals surface area contributed by atoms with Crippen LogP contribution in [0.15, 0.2) is 0 Å². The fraction of sp³-hybridized carbons (Fsp3) is 0.909. The number of hydrogen-bond acceptors (Lipinski definition) is 3. The molecule has 1 aliphatic carbocycles. The second-order valence-corrected chi connectivity index (χ2v) is 4.34. The quantitative estimate of drug-likeness (QED) is 0.771. The van der Waals surface area contributed by atoms with E-state index in [1.807, 2.05) is 6.92 Å². The molecular formula is C11H23ClN2O2. The Bertz CT molecular complexity index is 206. The highest BCUT2D eigenvalue weighted by Gasteiger charge is 2.27. The summed E-state index contributed by atoms with van der Waals surface area (Å²) < 4.78 is 5.02. The molecule has 0 spiro atoms. The predicted octanol–water partition coefficient (Wildman–Crippen LogP) is 1.22. The molecule has 0 aromatic heterocycles. The minimum absolute atomic E-state index is 0. The van der Waals surface area contributed by atoms with Gasteiger partial charge in [0.05, 0.1) is 0 Å². The van der Waals surface area contributed by atoms with E-state index >= 15 is 0 Å². The van der Waals surface area contributed by atoms with E-state index in [1.54, 1.807) is 0 Å². The lowest BCUT2D eigenvalue weighted by atomic mass is 9.82. The van der Waals surface area contributed by atoms with E-state index in [0.29, 0.717) is 13.2 Å². The molecule has 0 aliphatic heterocycles. The van der Waals surface area contributed by atoms with E-state index in [9.17, 15) is 4.79 Å². The van der Waals surface area contributed by atoms with Crippen LogP contribution >= 0.6 is 12.4 Å². The van der Waals surface area contributed by atoms with Crippen LogP contribution in [0.5, 0.6) is 0 Å². The Morgan fingerprint density at radius 3 is 2.56 bits per heavy atom. The number of carbonyl (C=O) groups is 1. The van der Waals surface area contributed by atoms with Crippen molar-refractivity contribution in [3.63, 3.8) is 0 Å². The lowest BCUT2D eigenvalue weighted by Gasteiger charge is -2.33. The summed E-state index contributed by atoms with van der Waals surface area (Å²) >= 11 is 0. The molecule has 0 heterocycles. The zero-order valence-electron chi connectivity index (χ0n) is 9.96. The van der Waals surface area contributed by atoms with Gasteiger partial charge in [0.25, 0.3) is 0 Å². The van der Waals surface area contributed by atoms with Gasteiger partial charge in [0.1, 0.15) is 6.61 Å². The Labute approximate surface area is 104 Å². The smallest absolute Gasteiger partial charge is 0.246 e. The van der Waals surface area contributed by atoms with Crippen LogP contribution in [0, 0.1) is 0 Å². The van der Waals surface area contributed by atoms with Crippen molar-refractivity contribution < 1.29 is 9.53 Å². The van der Waals surface area contributed by atoms with Crippen molar-refractivity contribution in [3.8, 4) is 0 Å². The summed E-state index contributed by atoms with van der Waals surface area (Å²) in [5.41, 5.74) is 6.00. The third-order valence-electron chi connectivity index (χ3n) is 2.92. The fourth-order valence-electron chi connectivity index (χ4n) is 1.95. The zero-order valence-corrected chi connectivity index (χ0v) is 10.8. The first-order valence-electron chi connectivity index (χ1n) is 5.80. The van der Waals surface area contributed by atoms with Crippen LogP contribution in [-0.2, 0) is 9.53 Å². The summed E-state index contributed by atoms with van der Waals surface area (Å²) in [5.74, 6) is -0.0627. The average molecular weight is 251 g/mol. The second kappa shape index (κ2) is 7.87. The highest BCUT2D eigenvalue weighted by molar-refractivity contribution is 5.85. The van der Waals surface area contributed by atoms with Gasteiger partial charge in [0.15, 0.2) is 0 Å². The van der Waals surface area contributed by atoms with E-state index in [-0.39, 0.29) is 30.5 Å². The second-order valence-electron chi connectivity index (χ2n) is 4.34. The SMILES string of the molecule is CCOCC(=O)NCC1(N)CCCCC1.Cl. The van der Waals surface area contributed by atoms with Crippen molar-refractivity contribution in [2.45, 2.75) is 44.6 Å². The van der Waals surface area contributed by atoms with E-state index in [2.05, 4.69) is 5.32 Å². The molecule has 5 heteroatoms. The molecule has 0 saturated heterocycles. The summed E-state index contributed by atoms with van der Waals surface area (Å²) in [6, 6.07) is 0. The van der Waals surface area contributed by atoms with Gasteiger partial charge in [-0.3, -0.25) is 4.79 Å². The van der Waals surface area contributed by atoms with Crippen molar-refractivity contribution in [2.24, 2.45) is 5.73 Å². The van der Waals surface area contributed by atoms with Gasteiger partial charge >= 0.3 is 0 Å². The van der Waals surface area contributed by atoms with Crippen LogP contribution in [0.2, 0.25) is 0 Å². The standard InChI is InChI=1S/C11H22N2O2.ClH/c1-2-15-8-10(14)13-9-11(12)6-4-3-5-7-11;/h2-9,12H2,1H3,(H,13,14);1H. The first-order chi connectivity index (χ1) is 7.16. The number of nitrogens with two attached hydrogens (primary N) is 1. The number of ether oxygens (including phenoxy) is 1. The van der Waals surface area contributed by atoms with Gasteiger partial charge in [-0.2, -0.15) is 0 Å². The van der Waals surface area contributed by atoms with Gasteiger partial charge in [-0.1, -0.05) is 19.3 Å². The minimum atomic E-state index is -0.180. The predicted molar refractivity (Wildman–Crippen MR) is 66.8 cm³/mol. The molecule has 1 saturated carbocycles. The topological polar surface area (TPSA) is 64.3 Å². The molecule has 1 amide bonds. The molecule has 0 aromatic carbocycles. The monoisotopic (exact) mass is 250 g/mol. The van der Waals surface area contributed by atoms with E-state index in [4.69, 9.17) is 10.5 Å². The highest BCUT2D eigenvalue weighted by Crippen LogP contribution is 2.24. The fourth-order valence-corrected chi connectivity index (χ4v) is 1.95. The molecule has 1 fully saturated rings. The average Bonchev–Trinajstić information content (AvgIpc) is 2.25. The number of nitrogens with one attached hydrogen (secondary N) is 1. The third-order valence-corrected chi connectivity index (χ3v) is 2.92. The summed E-state index contributed by atoms with van der Waals surface area (Å²) in [6.45, 7) is 3.17. The molecule has 0 bridgehead atoms. The summed E-state index contributed by atoms with van der Waals surface area (Å²) in [4.78, 5) is 11.3. The van der Waals surface area contributed by atoms with Crippen molar-refractivity contribution in [3.05, 3.63) is 0 Å². The van der Waals surface area contributed by atoms with Gasteiger partial charge in [0, 0.05) is 18.7 Å². The van der Waals surface area contributed by atoms with E-state index < -0.39 is 0 Å². The maximum Gasteiger partial charge on any atom is 0.246 e. The first-order valence-corrected chi connectivity index (χ1v) is 5.80. The number of carbonyl (C=O) groups excluding carboxylic acids is 1. The molecular weight excluding hydrogens is 228 g/mol. The molecule has 0 unspecified atom stereocenters. The van der Waals surface area contributed by atoms with Crippen molar-refractivity contribution >= 4 is 18.3 Å². The van der Waals surface area contributed by atoms with Gasteiger partial charge in [-0.25, -0.2) is 0 Å². The Balaban J connectivity index is 0.00000225. The van der Waals surface area contributed by atoms with Crippen LogP contribution in [0.3, 0.4) is 0 Å². The van der Waals surface area contributed by atoms with Crippen molar-refractivity contribution in [1.29, 1.82) is 0 Å². The van der Waals surface area contributed by atoms with Crippen LogP contribution in [-0.4, -0.2) is 31.2 Å². The Hall–Kier alpha value is -0.320. The number of hydrogen-bond donors (Lipinski definition) is 2. The molecule has 4 nitrogen and oxygen atoms in total. The normalized spacial score (nSPS) is 18.6. The van der Waals surface area contributed by atoms with Crippen molar-refractivity contribution in [2.75, 3.05) is 19.8 Å². The highest BCUT2D eigenvalue weighted by atomic mass is 35.5. The Kier molecular flexibility index (Phi) is 7.72. The summed E-state index contributed by atoms with van der Waals surface area (Å²) in [7, 11) is 0. The summed E-state index contributed by atoms with van der Waals surface area (Å²) in [5, 5.41) is 2.84. The Morgan fingerprint density at radius 2 is 2.00 bits per heavy atom. The maximum atomic E-state index is 11.3. The number of amides is 1. The Morgan fingerprint density at radius 1 is 1.38 bits per heavy atom. The van der Waals surface area contributed by atoms with Crippen LogP contribution < -0.4 is 11.1 Å². The van der Waals surface area contributed by atoms with Crippen molar-refractivity contribution in [1.82, 2.24) is 5.32 Å². The lowest BCUT2D eigenvalue weighted by molar-refractivity contribution is -0.125. The van der Waals surface area contributed by atoms with Gasteiger partial charge < -0.3 is 15.8 Å². The minimum Gasteiger partial charge on any atom is -0.372 e. The summed E-state index contributed by atoms with van der Waals surface area (Å²) in [6.07, 6.45) is 5.66. The molecule has 0 radical (unpaired) electrons. The molecule has 3 N–H and O–H groups in total. The molecule has 1 aliphatic rings. The third kappa shape index (κ3) is 5.68. The number of halogens is 1. The first kappa shape index (κ1) is 15.7. The van der Waals surface area contributed by atoms with Crippen LogP contribution in [0.1, 0.15) is 39.0 Å². The molecule has 0 atom stereocenters. The molecule has 16 heavy (non-hydrogen) atoms. The van der Waals surface area contributed by atoms with Gasteiger partial charge in [0.2, 0.25) is 5.91 Å². The van der Waals surface area contributed by atoms with Crippen LogP contribution in [0.4, 0.5) is 0 Å². The van der Waals surface area contributed by atoms with Crippen LogP contribution in [0.25, 0.3) is 0 Å². The lowest BCUT2D eigenvalue weighted by Crippen LogP contribution is -2.51. The zero-order chi connectivity index (χ0) is 11.1.